The van der Waals surface area contributed by atoms with Gasteiger partial charge in [-0.15, -0.1) is 11.3 Å². The van der Waals surface area contributed by atoms with Gasteiger partial charge in [0.2, 0.25) is 0 Å². The molecule has 0 unspecified atom stereocenters. The molecule has 1 amide bonds. The molecule has 22 heavy (non-hydrogen) atoms. The molecule has 3 rings (SSSR count). The first-order chi connectivity index (χ1) is 10.7. The lowest BCUT2D eigenvalue weighted by Crippen LogP contribution is -2.35. The largest absolute Gasteiger partial charge is 0.379 e. The molecule has 3 N–H and O–H groups in total. The van der Waals surface area contributed by atoms with Gasteiger partial charge in [-0.25, -0.2) is 4.98 Å². The van der Waals surface area contributed by atoms with Crippen LogP contribution >= 0.6 is 11.3 Å². The number of thiophene rings is 1. The Bertz CT molecular complexity index is 652. The molecule has 0 bridgehead atoms. The van der Waals surface area contributed by atoms with Crippen LogP contribution in [0.2, 0.25) is 0 Å². The Hall–Kier alpha value is -1.96. The van der Waals surface area contributed by atoms with Crippen molar-refractivity contribution in [3.63, 3.8) is 0 Å². The van der Waals surface area contributed by atoms with Crippen LogP contribution in [0.5, 0.6) is 0 Å². The van der Waals surface area contributed by atoms with E-state index in [0.29, 0.717) is 5.56 Å². The zero-order valence-electron chi connectivity index (χ0n) is 12.1. The third-order valence-corrected chi connectivity index (χ3v) is 4.30. The van der Waals surface area contributed by atoms with Gasteiger partial charge in [-0.1, -0.05) is 6.07 Å². The van der Waals surface area contributed by atoms with Crippen LogP contribution in [-0.2, 0) is 11.3 Å². The molecule has 1 saturated heterocycles. The number of nitrogens with two attached hydrogens (primary N) is 1. The maximum atomic E-state index is 11.4. The molecule has 1 aliphatic rings. The number of amides is 1. The second kappa shape index (κ2) is 6.87. The molecule has 116 valence electrons. The van der Waals surface area contributed by atoms with Gasteiger partial charge < -0.3 is 15.8 Å². The van der Waals surface area contributed by atoms with Gasteiger partial charge in [-0.2, -0.15) is 0 Å². The van der Waals surface area contributed by atoms with Gasteiger partial charge in [-0.3, -0.25) is 9.69 Å². The fourth-order valence-electron chi connectivity index (χ4n) is 2.34. The van der Waals surface area contributed by atoms with Gasteiger partial charge in [0, 0.05) is 19.6 Å². The Morgan fingerprint density at radius 1 is 1.36 bits per heavy atom. The molecule has 7 heteroatoms. The average Bonchev–Trinajstić information content (AvgIpc) is 2.97. The summed E-state index contributed by atoms with van der Waals surface area (Å²) in [6.45, 7) is 4.20. The van der Waals surface area contributed by atoms with E-state index in [-0.39, 0.29) is 0 Å². The highest BCUT2D eigenvalue weighted by Crippen LogP contribution is 2.26. The number of rotatable bonds is 5. The van der Waals surface area contributed by atoms with Crippen molar-refractivity contribution >= 4 is 28.1 Å². The van der Waals surface area contributed by atoms with E-state index in [1.807, 2.05) is 23.6 Å². The van der Waals surface area contributed by atoms with Crippen molar-refractivity contribution in [1.82, 2.24) is 9.88 Å². The summed E-state index contributed by atoms with van der Waals surface area (Å²) in [5.74, 6) is 0.281. The Morgan fingerprint density at radius 2 is 2.18 bits per heavy atom. The van der Waals surface area contributed by atoms with Crippen molar-refractivity contribution in [2.24, 2.45) is 5.73 Å². The summed E-state index contributed by atoms with van der Waals surface area (Å²) in [6.07, 6.45) is 0. The van der Waals surface area contributed by atoms with Crippen molar-refractivity contribution in [3.8, 4) is 0 Å². The van der Waals surface area contributed by atoms with E-state index in [2.05, 4.69) is 15.2 Å². The van der Waals surface area contributed by atoms with Crippen LogP contribution in [0.15, 0.2) is 29.6 Å². The Morgan fingerprint density at radius 3 is 2.95 bits per heavy atom. The second-order valence-corrected chi connectivity index (χ2v) is 5.97. The number of primary amides is 1. The molecule has 0 aliphatic carbocycles. The molecule has 6 nitrogen and oxygen atoms in total. The molecule has 0 saturated carbocycles. The summed E-state index contributed by atoms with van der Waals surface area (Å²) in [4.78, 5) is 18.3. The SMILES string of the molecule is NC(=O)c1ccsc1Nc1cccc(CN2CCOCC2)n1. The van der Waals surface area contributed by atoms with E-state index in [0.717, 1.165) is 49.4 Å². The first-order valence-corrected chi connectivity index (χ1v) is 8.01. The van der Waals surface area contributed by atoms with Crippen molar-refractivity contribution in [1.29, 1.82) is 0 Å². The van der Waals surface area contributed by atoms with Crippen LogP contribution in [0.3, 0.4) is 0 Å². The van der Waals surface area contributed by atoms with Gasteiger partial charge in [0.15, 0.2) is 0 Å². The first-order valence-electron chi connectivity index (χ1n) is 7.13. The summed E-state index contributed by atoms with van der Waals surface area (Å²) in [6, 6.07) is 7.56. The Kier molecular flexibility index (Phi) is 4.67. The minimum Gasteiger partial charge on any atom is -0.379 e. The Labute approximate surface area is 132 Å². The smallest absolute Gasteiger partial charge is 0.251 e. The third kappa shape index (κ3) is 3.62. The molecular formula is C15H18N4O2S. The predicted octanol–water partition coefficient (Wildman–Crippen LogP) is 1.82. The number of carbonyl (C=O) groups excluding carboxylic acids is 1. The number of aromatic nitrogens is 1. The van der Waals surface area contributed by atoms with Gasteiger partial charge in [0.1, 0.15) is 10.8 Å². The number of nitrogens with zero attached hydrogens (tertiary/aromatic N) is 2. The topological polar surface area (TPSA) is 80.5 Å². The molecule has 2 aromatic rings. The predicted molar refractivity (Wildman–Crippen MR) is 86.5 cm³/mol. The zero-order valence-corrected chi connectivity index (χ0v) is 12.9. The number of hydrogen-bond acceptors (Lipinski definition) is 6. The highest BCUT2D eigenvalue weighted by molar-refractivity contribution is 7.14. The minimum absolute atomic E-state index is 0.437. The normalized spacial score (nSPS) is 15.6. The average molecular weight is 318 g/mol. The van der Waals surface area contributed by atoms with E-state index >= 15 is 0 Å². The lowest BCUT2D eigenvalue weighted by Gasteiger charge is -2.26. The monoisotopic (exact) mass is 318 g/mol. The van der Waals surface area contributed by atoms with E-state index in [1.165, 1.54) is 11.3 Å². The fourth-order valence-corrected chi connectivity index (χ4v) is 3.14. The number of nitrogens with one attached hydrogen (secondary N) is 1. The maximum Gasteiger partial charge on any atom is 0.251 e. The van der Waals surface area contributed by atoms with Crippen molar-refractivity contribution < 1.29 is 9.53 Å². The lowest BCUT2D eigenvalue weighted by molar-refractivity contribution is 0.0337. The standard InChI is InChI=1S/C15H18N4O2S/c16-14(20)12-4-9-22-15(12)18-13-3-1-2-11(17-13)10-19-5-7-21-8-6-19/h1-4,9H,5-8,10H2,(H2,16,20)(H,17,18). The van der Waals surface area contributed by atoms with Crippen molar-refractivity contribution in [3.05, 3.63) is 40.9 Å². The summed E-state index contributed by atoms with van der Waals surface area (Å²) in [5.41, 5.74) is 6.84. The van der Waals surface area contributed by atoms with Crippen LogP contribution in [0, 0.1) is 0 Å². The summed E-state index contributed by atoms with van der Waals surface area (Å²) < 4.78 is 5.35. The van der Waals surface area contributed by atoms with Gasteiger partial charge in [0.05, 0.1) is 24.5 Å². The molecule has 0 spiro atoms. The number of pyridine rings is 1. The number of carbonyl (C=O) groups is 1. The second-order valence-electron chi connectivity index (χ2n) is 5.06. The third-order valence-electron chi connectivity index (χ3n) is 3.47. The van der Waals surface area contributed by atoms with Gasteiger partial charge >= 0.3 is 0 Å². The molecule has 1 aliphatic heterocycles. The molecule has 0 radical (unpaired) electrons. The van der Waals surface area contributed by atoms with Crippen molar-refractivity contribution in [2.45, 2.75) is 6.54 Å². The summed E-state index contributed by atoms with van der Waals surface area (Å²) in [7, 11) is 0. The van der Waals surface area contributed by atoms with E-state index in [9.17, 15) is 4.79 Å². The van der Waals surface area contributed by atoms with E-state index in [1.54, 1.807) is 6.07 Å². The van der Waals surface area contributed by atoms with Crippen LogP contribution in [-0.4, -0.2) is 42.1 Å². The Balaban J connectivity index is 1.70. The number of hydrogen-bond donors (Lipinski definition) is 2. The zero-order chi connectivity index (χ0) is 15.4. The van der Waals surface area contributed by atoms with Crippen LogP contribution in [0.1, 0.15) is 16.1 Å². The summed E-state index contributed by atoms with van der Waals surface area (Å²) >= 11 is 1.44. The van der Waals surface area contributed by atoms with Crippen molar-refractivity contribution in [2.75, 3.05) is 31.6 Å². The lowest BCUT2D eigenvalue weighted by atomic mass is 10.3. The number of morpholine rings is 1. The van der Waals surface area contributed by atoms with E-state index < -0.39 is 5.91 Å². The molecule has 2 aromatic heterocycles. The maximum absolute atomic E-state index is 11.4. The fraction of sp³-hybridized carbons (Fsp3) is 0.333. The van der Waals surface area contributed by atoms with Crippen LogP contribution < -0.4 is 11.1 Å². The molecule has 1 fully saturated rings. The molecular weight excluding hydrogens is 300 g/mol. The molecule has 0 aromatic carbocycles. The highest BCUT2D eigenvalue weighted by Gasteiger charge is 2.13. The molecule has 3 heterocycles. The van der Waals surface area contributed by atoms with E-state index in [4.69, 9.17) is 10.5 Å². The first kappa shape index (κ1) is 15.0. The van der Waals surface area contributed by atoms with Gasteiger partial charge in [-0.05, 0) is 23.6 Å². The number of ether oxygens (including phenoxy) is 1. The van der Waals surface area contributed by atoms with Gasteiger partial charge in [0.25, 0.3) is 5.91 Å². The minimum atomic E-state index is -0.437. The van der Waals surface area contributed by atoms with Crippen LogP contribution in [0.25, 0.3) is 0 Å². The number of anilines is 2. The molecule has 0 atom stereocenters. The van der Waals surface area contributed by atoms with Crippen LogP contribution in [0.4, 0.5) is 10.8 Å². The highest BCUT2D eigenvalue weighted by atomic mass is 32.1. The summed E-state index contributed by atoms with van der Waals surface area (Å²) in [5, 5.41) is 5.73. The quantitative estimate of drug-likeness (QED) is 0.879.